The highest BCUT2D eigenvalue weighted by atomic mass is 79.9. The minimum Gasteiger partial charge on any atom is -0.343 e. The van der Waals surface area contributed by atoms with Gasteiger partial charge in [0.05, 0.1) is 17.2 Å². The molecular formula is C30H28BrF4N5O3. The van der Waals surface area contributed by atoms with Crippen LogP contribution in [0.5, 0.6) is 0 Å². The minimum absolute atomic E-state index is 0.138. The molecule has 2 amide bonds. The number of nitrogens with one attached hydrogen (secondary N) is 2. The highest BCUT2D eigenvalue weighted by Crippen LogP contribution is 2.35. The van der Waals surface area contributed by atoms with E-state index in [2.05, 4.69) is 31.1 Å². The molecule has 8 nitrogen and oxygen atoms in total. The average Bonchev–Trinajstić information content (AvgIpc) is 3.46. The van der Waals surface area contributed by atoms with E-state index in [4.69, 9.17) is 0 Å². The Morgan fingerprint density at radius 3 is 2.60 bits per heavy atom. The number of pyridine rings is 1. The van der Waals surface area contributed by atoms with E-state index < -0.39 is 30.4 Å². The summed E-state index contributed by atoms with van der Waals surface area (Å²) >= 11 is 3.49. The van der Waals surface area contributed by atoms with Crippen LogP contribution in [0.1, 0.15) is 48.3 Å². The highest BCUT2D eigenvalue weighted by molar-refractivity contribution is 9.10. The van der Waals surface area contributed by atoms with Crippen LogP contribution in [0.2, 0.25) is 0 Å². The van der Waals surface area contributed by atoms with E-state index in [1.807, 2.05) is 6.07 Å². The Labute approximate surface area is 251 Å². The number of aryl methyl sites for hydroxylation is 1. The summed E-state index contributed by atoms with van der Waals surface area (Å²) in [4.78, 5) is 44.6. The molecule has 0 aliphatic carbocycles. The van der Waals surface area contributed by atoms with Gasteiger partial charge in [0.2, 0.25) is 11.8 Å². The second kappa shape index (κ2) is 11.4. The van der Waals surface area contributed by atoms with Gasteiger partial charge in [-0.05, 0) is 76.9 Å². The number of piperidine rings is 1. The standard InChI is InChI=1S/C30H28BrF4N5O3/c31-23-11-17-4-5-19(29(43)40(15-30(33,34)35)14-22(17)21-13-36-38-27(21)23)12-25(41)39-8-6-16(7-9-39)20-10-18-2-1-3-24(32)26(18)37-28(20)42/h1-3,10-11,13,16,19H,4-9,12,14-15H2,(H,36,38)(H,37,42)/t19-/m0/s1. The molecule has 2 N–H and O–H groups in total. The smallest absolute Gasteiger partial charge is 0.343 e. The SMILES string of the molecule is O=C(C[C@@H]1CCc2cc(Br)c3[nH]ncc3c2CN(CC(F)(F)F)C1=O)N1CCC(c2cc3cccc(F)c3[nH]c2=O)CC1. The summed E-state index contributed by atoms with van der Waals surface area (Å²) in [5.41, 5.74) is 2.37. The number of nitrogens with zero attached hydrogens (tertiary/aromatic N) is 3. The van der Waals surface area contributed by atoms with Crippen molar-refractivity contribution in [2.75, 3.05) is 19.6 Å². The third-order valence-corrected chi connectivity index (χ3v) is 9.23. The van der Waals surface area contributed by atoms with Crippen LogP contribution >= 0.6 is 15.9 Å². The van der Waals surface area contributed by atoms with Crippen LogP contribution in [0.3, 0.4) is 0 Å². The number of alkyl halides is 3. The Hall–Kier alpha value is -3.74. The summed E-state index contributed by atoms with van der Waals surface area (Å²) in [6.45, 7) is -0.977. The van der Waals surface area contributed by atoms with Gasteiger partial charge in [0.15, 0.2) is 0 Å². The number of carbonyl (C=O) groups is 2. The molecule has 226 valence electrons. The second-order valence-electron chi connectivity index (χ2n) is 11.3. The molecule has 6 rings (SSSR count). The number of H-pyrrole nitrogens is 2. The zero-order valence-electron chi connectivity index (χ0n) is 22.9. The first-order chi connectivity index (χ1) is 20.5. The van der Waals surface area contributed by atoms with E-state index in [9.17, 15) is 31.9 Å². The number of benzene rings is 2. The lowest BCUT2D eigenvalue weighted by atomic mass is 9.87. The van der Waals surface area contributed by atoms with Crippen LogP contribution in [-0.4, -0.2) is 62.6 Å². The van der Waals surface area contributed by atoms with E-state index in [0.717, 1.165) is 14.9 Å². The van der Waals surface area contributed by atoms with Crippen LogP contribution in [0.4, 0.5) is 17.6 Å². The molecular weight excluding hydrogens is 634 g/mol. The lowest BCUT2D eigenvalue weighted by Gasteiger charge is -2.35. The van der Waals surface area contributed by atoms with E-state index in [-0.39, 0.29) is 42.3 Å². The van der Waals surface area contributed by atoms with Gasteiger partial charge in [-0.25, -0.2) is 4.39 Å². The van der Waals surface area contributed by atoms with Gasteiger partial charge in [0.1, 0.15) is 12.4 Å². The summed E-state index contributed by atoms with van der Waals surface area (Å²) in [5, 5.41) is 8.10. The number of amides is 2. The molecule has 4 aromatic rings. The molecule has 2 aromatic heterocycles. The van der Waals surface area contributed by atoms with Crippen LogP contribution in [0, 0.1) is 11.7 Å². The molecule has 1 fully saturated rings. The Bertz CT molecular complexity index is 1780. The van der Waals surface area contributed by atoms with E-state index in [1.165, 1.54) is 6.07 Å². The van der Waals surface area contributed by atoms with E-state index in [1.54, 1.807) is 29.3 Å². The van der Waals surface area contributed by atoms with Crippen molar-refractivity contribution < 1.29 is 27.2 Å². The molecule has 13 heteroatoms. The van der Waals surface area contributed by atoms with Gasteiger partial charge in [-0.1, -0.05) is 12.1 Å². The van der Waals surface area contributed by atoms with Crippen molar-refractivity contribution in [2.45, 2.75) is 50.7 Å². The van der Waals surface area contributed by atoms with Gasteiger partial charge in [0, 0.05) is 52.8 Å². The maximum absolute atomic E-state index is 14.1. The largest absolute Gasteiger partial charge is 0.406 e. The van der Waals surface area contributed by atoms with Gasteiger partial charge in [-0.15, -0.1) is 0 Å². The van der Waals surface area contributed by atoms with Crippen molar-refractivity contribution in [2.24, 2.45) is 5.92 Å². The molecule has 0 bridgehead atoms. The molecule has 0 radical (unpaired) electrons. The Kier molecular flexibility index (Phi) is 7.78. The summed E-state index contributed by atoms with van der Waals surface area (Å²) in [7, 11) is 0. The maximum Gasteiger partial charge on any atom is 0.406 e. The summed E-state index contributed by atoms with van der Waals surface area (Å²) in [5.74, 6) is -2.55. The molecule has 2 aromatic carbocycles. The number of halogens is 5. The molecule has 4 heterocycles. The number of likely N-dealkylation sites (tertiary alicyclic amines) is 1. The molecule has 43 heavy (non-hydrogen) atoms. The first-order valence-corrected chi connectivity index (χ1v) is 14.9. The summed E-state index contributed by atoms with van der Waals surface area (Å²) < 4.78 is 55.6. The van der Waals surface area contributed by atoms with Crippen LogP contribution in [0.15, 0.2) is 45.8 Å². The number of aromatic amines is 2. The third-order valence-electron chi connectivity index (χ3n) is 8.60. The number of para-hydroxylation sites is 1. The number of hydrogen-bond donors (Lipinski definition) is 2. The zero-order chi connectivity index (χ0) is 30.5. The fourth-order valence-electron chi connectivity index (χ4n) is 6.41. The van der Waals surface area contributed by atoms with Crippen molar-refractivity contribution >= 4 is 49.6 Å². The van der Waals surface area contributed by atoms with Gasteiger partial charge in [0.25, 0.3) is 5.56 Å². The molecule has 2 aliphatic heterocycles. The molecule has 0 spiro atoms. The number of aromatic nitrogens is 3. The zero-order valence-corrected chi connectivity index (χ0v) is 24.5. The monoisotopic (exact) mass is 661 g/mol. The summed E-state index contributed by atoms with van der Waals surface area (Å²) in [6, 6.07) is 8.10. The van der Waals surface area contributed by atoms with Crippen molar-refractivity contribution in [3.05, 3.63) is 73.9 Å². The lowest BCUT2D eigenvalue weighted by Crippen LogP contribution is -2.45. The quantitative estimate of drug-likeness (QED) is 0.280. The Balaban J connectivity index is 1.18. The van der Waals surface area contributed by atoms with Gasteiger partial charge >= 0.3 is 6.18 Å². The lowest BCUT2D eigenvalue weighted by molar-refractivity contribution is -0.166. The van der Waals surface area contributed by atoms with Crippen molar-refractivity contribution in [1.29, 1.82) is 0 Å². The topological polar surface area (TPSA) is 102 Å². The van der Waals surface area contributed by atoms with Gasteiger partial charge < -0.3 is 14.8 Å². The number of rotatable bonds is 4. The number of carbonyl (C=O) groups excluding carboxylic acids is 2. The van der Waals surface area contributed by atoms with Gasteiger partial charge in [-0.3, -0.25) is 19.5 Å². The molecule has 1 atom stereocenters. The predicted octanol–water partition coefficient (Wildman–Crippen LogP) is 5.56. The van der Waals surface area contributed by atoms with Crippen LogP contribution < -0.4 is 5.56 Å². The third kappa shape index (κ3) is 5.91. The molecule has 0 unspecified atom stereocenters. The average molecular weight is 662 g/mol. The minimum atomic E-state index is -4.61. The molecule has 0 saturated carbocycles. The fourth-order valence-corrected chi connectivity index (χ4v) is 6.99. The van der Waals surface area contributed by atoms with Crippen LogP contribution in [-0.2, 0) is 22.6 Å². The fraction of sp³-hybridized carbons (Fsp3) is 0.400. The van der Waals surface area contributed by atoms with Crippen molar-refractivity contribution in [1.82, 2.24) is 25.0 Å². The Morgan fingerprint density at radius 1 is 1.09 bits per heavy atom. The first-order valence-electron chi connectivity index (χ1n) is 14.1. The van der Waals surface area contributed by atoms with Crippen LogP contribution in [0.25, 0.3) is 21.8 Å². The van der Waals surface area contributed by atoms with Gasteiger partial charge in [-0.2, -0.15) is 18.3 Å². The molecule has 2 aliphatic rings. The molecule has 1 saturated heterocycles. The van der Waals surface area contributed by atoms with Crippen molar-refractivity contribution in [3.8, 4) is 0 Å². The predicted molar refractivity (Wildman–Crippen MR) is 155 cm³/mol. The maximum atomic E-state index is 14.1. The number of hydrogen-bond acceptors (Lipinski definition) is 4. The first kappa shape index (κ1) is 29.3. The Morgan fingerprint density at radius 2 is 1.86 bits per heavy atom. The number of fused-ring (bicyclic) bond motifs is 4. The summed E-state index contributed by atoms with van der Waals surface area (Å²) in [6.07, 6.45) is -1.62. The van der Waals surface area contributed by atoms with E-state index in [0.29, 0.717) is 59.8 Å². The van der Waals surface area contributed by atoms with Crippen molar-refractivity contribution in [3.63, 3.8) is 0 Å². The van der Waals surface area contributed by atoms with E-state index >= 15 is 0 Å². The second-order valence-corrected chi connectivity index (χ2v) is 12.2. The highest BCUT2D eigenvalue weighted by Gasteiger charge is 2.38. The normalized spacial score (nSPS) is 18.6.